The number of ether oxygens (including phenoxy) is 1. The Balaban J connectivity index is 2.96. The molecule has 94 valence electrons. The molecule has 1 rings (SSSR count). The van der Waals surface area contributed by atoms with Gasteiger partial charge in [0.25, 0.3) is 0 Å². The van der Waals surface area contributed by atoms with Crippen molar-refractivity contribution in [3.63, 3.8) is 0 Å². The van der Waals surface area contributed by atoms with Crippen molar-refractivity contribution in [3.05, 3.63) is 17.6 Å². The van der Waals surface area contributed by atoms with Gasteiger partial charge in [-0.3, -0.25) is 0 Å². The summed E-state index contributed by atoms with van der Waals surface area (Å²) < 4.78 is 5.21. The first-order valence-corrected chi connectivity index (χ1v) is 5.56. The third-order valence-electron chi connectivity index (χ3n) is 1.97. The molecule has 1 aromatic rings. The highest BCUT2D eigenvalue weighted by Gasteiger charge is 2.21. The molecule has 1 aromatic heterocycles. The molecule has 0 spiro atoms. The molecule has 0 saturated carbocycles. The van der Waals surface area contributed by atoms with Gasteiger partial charge in [-0.05, 0) is 20.8 Å². The maximum Gasteiger partial charge on any atom is 0.344 e. The van der Waals surface area contributed by atoms with E-state index in [1.807, 2.05) is 13.8 Å². The zero-order valence-corrected chi connectivity index (χ0v) is 10.9. The molecule has 5 nitrogen and oxygen atoms in total. The Labute approximate surface area is 101 Å². The summed E-state index contributed by atoms with van der Waals surface area (Å²) in [6.45, 7) is 9.31. The molecule has 0 atom stereocenters. The van der Waals surface area contributed by atoms with Crippen LogP contribution in [0.15, 0.2) is 6.20 Å². The largest absolute Gasteiger partial charge is 0.456 e. The lowest BCUT2D eigenvalue weighted by atomic mass is 10.2. The minimum atomic E-state index is -0.555. The molecule has 5 heteroatoms. The van der Waals surface area contributed by atoms with Crippen LogP contribution < -0.4 is 5.73 Å². The highest BCUT2D eigenvalue weighted by molar-refractivity contribution is 5.93. The number of nitrogens with two attached hydrogens (primary N) is 1. The number of hydrogen-bond acceptors (Lipinski definition) is 5. The van der Waals surface area contributed by atoms with E-state index in [-0.39, 0.29) is 17.3 Å². The lowest BCUT2D eigenvalue weighted by Crippen LogP contribution is -2.25. The van der Waals surface area contributed by atoms with Crippen LogP contribution in [0, 0.1) is 0 Å². The fraction of sp³-hybridized carbons (Fsp3) is 0.583. The van der Waals surface area contributed by atoms with Gasteiger partial charge in [0.15, 0.2) is 0 Å². The molecule has 17 heavy (non-hydrogen) atoms. The summed E-state index contributed by atoms with van der Waals surface area (Å²) >= 11 is 0. The predicted molar refractivity (Wildman–Crippen MR) is 65.7 cm³/mol. The first kappa shape index (κ1) is 13.4. The van der Waals surface area contributed by atoms with Crippen LogP contribution in [-0.2, 0) is 4.74 Å². The van der Waals surface area contributed by atoms with Crippen molar-refractivity contribution in [2.45, 2.75) is 46.1 Å². The van der Waals surface area contributed by atoms with E-state index < -0.39 is 11.6 Å². The van der Waals surface area contributed by atoms with E-state index in [0.29, 0.717) is 5.82 Å². The van der Waals surface area contributed by atoms with Gasteiger partial charge < -0.3 is 10.5 Å². The van der Waals surface area contributed by atoms with Crippen molar-refractivity contribution in [3.8, 4) is 0 Å². The van der Waals surface area contributed by atoms with E-state index >= 15 is 0 Å². The molecule has 2 N–H and O–H groups in total. The smallest absolute Gasteiger partial charge is 0.344 e. The van der Waals surface area contributed by atoms with E-state index in [1.54, 1.807) is 20.8 Å². The topological polar surface area (TPSA) is 78.1 Å². The van der Waals surface area contributed by atoms with Crippen LogP contribution in [0.4, 0.5) is 5.82 Å². The third kappa shape index (κ3) is 3.69. The molecule has 0 saturated heterocycles. The van der Waals surface area contributed by atoms with Gasteiger partial charge in [0.05, 0.1) is 0 Å². The third-order valence-corrected chi connectivity index (χ3v) is 1.97. The summed E-state index contributed by atoms with van der Waals surface area (Å²) in [5.74, 6) is 0.461. The van der Waals surface area contributed by atoms with Gasteiger partial charge in [-0.15, -0.1) is 0 Å². The van der Waals surface area contributed by atoms with Crippen LogP contribution >= 0.6 is 0 Å². The van der Waals surface area contributed by atoms with Crippen LogP contribution in [0.1, 0.15) is 56.7 Å². The molecule has 0 aliphatic carbocycles. The second-order valence-corrected chi connectivity index (χ2v) is 5.18. The van der Waals surface area contributed by atoms with Crippen LogP contribution in [0.2, 0.25) is 0 Å². The lowest BCUT2D eigenvalue weighted by Gasteiger charge is -2.19. The highest BCUT2D eigenvalue weighted by atomic mass is 16.6. The number of nitrogen functional groups attached to an aromatic ring is 1. The van der Waals surface area contributed by atoms with Gasteiger partial charge in [-0.25, -0.2) is 14.8 Å². The number of carbonyl (C=O) groups excluding carboxylic acids is 1. The Hall–Kier alpha value is -1.65. The summed E-state index contributed by atoms with van der Waals surface area (Å²) in [4.78, 5) is 20.0. The van der Waals surface area contributed by atoms with Crippen LogP contribution in [0.5, 0.6) is 0 Å². The average molecular weight is 237 g/mol. The van der Waals surface area contributed by atoms with E-state index in [9.17, 15) is 4.79 Å². The Kier molecular flexibility index (Phi) is 3.70. The zero-order chi connectivity index (χ0) is 13.2. The summed E-state index contributed by atoms with van der Waals surface area (Å²) in [5, 5.41) is 0. The molecule has 0 aliphatic rings. The Morgan fingerprint density at radius 2 is 2.00 bits per heavy atom. The summed E-state index contributed by atoms with van der Waals surface area (Å²) in [6.07, 6.45) is 1.42. The van der Waals surface area contributed by atoms with Gasteiger partial charge in [-0.2, -0.15) is 0 Å². The first-order chi connectivity index (χ1) is 7.70. The SMILES string of the molecule is CC(C)c1ncc(C(=O)OC(C)(C)C)c(N)n1. The predicted octanol–water partition coefficient (Wildman–Crippen LogP) is 2.14. The van der Waals surface area contributed by atoms with E-state index in [2.05, 4.69) is 9.97 Å². The number of hydrogen-bond donors (Lipinski definition) is 1. The summed E-state index contributed by atoms with van der Waals surface area (Å²) in [6, 6.07) is 0. The molecule has 0 amide bonds. The molecule has 0 aliphatic heterocycles. The minimum Gasteiger partial charge on any atom is -0.456 e. The minimum absolute atomic E-state index is 0.165. The number of esters is 1. The maximum absolute atomic E-state index is 11.8. The molecule has 0 aromatic carbocycles. The Morgan fingerprint density at radius 3 is 2.41 bits per heavy atom. The number of rotatable bonds is 2. The van der Waals surface area contributed by atoms with Crippen molar-refractivity contribution < 1.29 is 9.53 Å². The van der Waals surface area contributed by atoms with Gasteiger partial charge in [0.2, 0.25) is 0 Å². The molecule has 1 heterocycles. The van der Waals surface area contributed by atoms with Gasteiger partial charge >= 0.3 is 5.97 Å². The zero-order valence-electron chi connectivity index (χ0n) is 10.9. The normalized spacial score (nSPS) is 11.6. The van der Waals surface area contributed by atoms with E-state index in [4.69, 9.17) is 10.5 Å². The first-order valence-electron chi connectivity index (χ1n) is 5.56. The summed E-state index contributed by atoms with van der Waals surface area (Å²) in [7, 11) is 0. The number of aromatic nitrogens is 2. The van der Waals surface area contributed by atoms with Crippen molar-refractivity contribution in [1.29, 1.82) is 0 Å². The molecule has 0 bridgehead atoms. The van der Waals surface area contributed by atoms with Crippen molar-refractivity contribution in [2.24, 2.45) is 0 Å². The van der Waals surface area contributed by atoms with Crippen molar-refractivity contribution in [1.82, 2.24) is 9.97 Å². The van der Waals surface area contributed by atoms with Gasteiger partial charge in [0, 0.05) is 12.1 Å². The van der Waals surface area contributed by atoms with Gasteiger partial charge in [-0.1, -0.05) is 13.8 Å². The highest BCUT2D eigenvalue weighted by Crippen LogP contribution is 2.17. The molecule has 0 radical (unpaired) electrons. The van der Waals surface area contributed by atoms with Gasteiger partial charge in [0.1, 0.15) is 22.8 Å². The number of nitrogens with zero attached hydrogens (tertiary/aromatic N) is 2. The monoisotopic (exact) mass is 237 g/mol. The fourth-order valence-corrected chi connectivity index (χ4v) is 1.18. The number of anilines is 1. The van der Waals surface area contributed by atoms with Crippen LogP contribution in [-0.4, -0.2) is 21.5 Å². The average Bonchev–Trinajstić information content (AvgIpc) is 2.14. The van der Waals surface area contributed by atoms with Crippen molar-refractivity contribution >= 4 is 11.8 Å². The molecular formula is C12H19N3O2. The van der Waals surface area contributed by atoms with Crippen LogP contribution in [0.3, 0.4) is 0 Å². The lowest BCUT2D eigenvalue weighted by molar-refractivity contribution is 0.00699. The Morgan fingerprint density at radius 1 is 1.41 bits per heavy atom. The molecule has 0 fully saturated rings. The summed E-state index contributed by atoms with van der Waals surface area (Å²) in [5.41, 5.74) is 5.38. The number of carbonyl (C=O) groups is 1. The maximum atomic E-state index is 11.8. The Bertz CT molecular complexity index is 422. The quantitative estimate of drug-likeness (QED) is 0.797. The van der Waals surface area contributed by atoms with E-state index in [0.717, 1.165) is 0 Å². The second kappa shape index (κ2) is 4.69. The standard InChI is InChI=1S/C12H19N3O2/c1-7(2)10-14-6-8(9(13)15-10)11(16)17-12(3,4)5/h6-7H,1-5H3,(H2,13,14,15). The fourth-order valence-electron chi connectivity index (χ4n) is 1.18. The molecule has 0 unspecified atom stereocenters. The second-order valence-electron chi connectivity index (χ2n) is 5.18. The van der Waals surface area contributed by atoms with Crippen molar-refractivity contribution in [2.75, 3.05) is 5.73 Å². The molecular weight excluding hydrogens is 218 g/mol. The van der Waals surface area contributed by atoms with Crippen LogP contribution in [0.25, 0.3) is 0 Å². The van der Waals surface area contributed by atoms with E-state index in [1.165, 1.54) is 6.20 Å².